The Morgan fingerprint density at radius 1 is 0.923 bits per heavy atom. The fourth-order valence-electron chi connectivity index (χ4n) is 0.941. The van der Waals surface area contributed by atoms with E-state index in [9.17, 15) is 0 Å². The van der Waals surface area contributed by atoms with E-state index in [1.54, 1.807) is 46.0 Å². The van der Waals surface area contributed by atoms with E-state index in [0.29, 0.717) is 0 Å². The van der Waals surface area contributed by atoms with Crippen molar-refractivity contribution < 1.29 is 5.48 Å². The molecule has 0 aromatic carbocycles. The number of hydrogen-bond acceptors (Lipinski definition) is 3. The van der Waals surface area contributed by atoms with Crippen molar-refractivity contribution in [2.45, 2.75) is 27.5 Å². The summed E-state index contributed by atoms with van der Waals surface area (Å²) >= 11 is 0.211. The number of rotatable bonds is 0. The molecule has 5 heteroatoms. The molecule has 1 aliphatic heterocycles. The predicted octanol–water partition coefficient (Wildman–Crippen LogP) is 0.758. The van der Waals surface area contributed by atoms with Gasteiger partial charge < -0.3 is 5.48 Å². The maximum atomic E-state index is 3.42. The third kappa shape index (κ3) is 8.19. The first-order valence-corrected chi connectivity index (χ1v) is 9.13. The van der Waals surface area contributed by atoms with Crippen LogP contribution in [-0.2, 0) is 0 Å². The molecule has 1 fully saturated rings. The van der Waals surface area contributed by atoms with Crippen LogP contribution in [0.1, 0.15) is 19.3 Å². The molecule has 1 radical (unpaired) electrons. The molecule has 0 unspecified atom stereocenters. The van der Waals surface area contributed by atoms with Crippen molar-refractivity contribution in [1.82, 2.24) is 15.4 Å². The van der Waals surface area contributed by atoms with Gasteiger partial charge in [-0.15, -0.1) is 10.2 Å². The maximum absolute atomic E-state index is 3.42. The van der Waals surface area contributed by atoms with Crippen LogP contribution >= 0.6 is 0 Å². The van der Waals surface area contributed by atoms with Gasteiger partial charge in [-0.3, -0.25) is 0 Å². The molecule has 0 aliphatic carbocycles. The van der Waals surface area contributed by atoms with Crippen molar-refractivity contribution in [2.24, 2.45) is 0 Å². The smallest absolute Gasteiger partial charge is 0.0529 e. The average Bonchev–Trinajstić information content (AvgIpc) is 2.24. The molecule has 1 saturated heterocycles. The summed E-state index contributed by atoms with van der Waals surface area (Å²) < 4.78 is 3.36. The Labute approximate surface area is 90.0 Å². The van der Waals surface area contributed by atoms with Crippen LogP contribution in [0.2, 0.25) is 8.26 Å². The van der Waals surface area contributed by atoms with Crippen LogP contribution in [0.4, 0.5) is 0 Å². The van der Waals surface area contributed by atoms with Crippen LogP contribution in [0.15, 0.2) is 18.5 Å². The van der Waals surface area contributed by atoms with E-state index in [0.717, 1.165) is 0 Å². The summed E-state index contributed by atoms with van der Waals surface area (Å²) in [7, 11) is 0. The molecular formula is C8H15BiN3O. The van der Waals surface area contributed by atoms with Crippen LogP contribution in [-0.4, -0.2) is 44.1 Å². The number of nitrogens with zero attached hydrogens (tertiary/aromatic N) is 3. The minimum absolute atomic E-state index is 0. The molecular weight excluding hydrogens is 363 g/mol. The van der Waals surface area contributed by atoms with Crippen molar-refractivity contribution in [3.8, 4) is 0 Å². The van der Waals surface area contributed by atoms with Crippen LogP contribution in [0.5, 0.6) is 0 Å². The van der Waals surface area contributed by atoms with Gasteiger partial charge in [0.2, 0.25) is 0 Å². The minimum atomic E-state index is 0. The predicted molar refractivity (Wildman–Crippen MR) is 52.7 cm³/mol. The van der Waals surface area contributed by atoms with Crippen LogP contribution in [0.25, 0.3) is 0 Å². The molecule has 13 heavy (non-hydrogen) atoms. The quantitative estimate of drug-likeness (QED) is 0.626. The molecule has 4 nitrogen and oxygen atoms in total. The van der Waals surface area contributed by atoms with Gasteiger partial charge in [0.1, 0.15) is 0 Å². The standard InChI is InChI=1S/C5H10.C3H3N3.Bi.H2O/c1-3-5-4-2;1-2-4-6-5-3-1;;/h1-5H2;1-3H;;1H2. The molecule has 2 heterocycles. The Morgan fingerprint density at radius 3 is 1.69 bits per heavy atom. The molecule has 0 saturated carbocycles. The van der Waals surface area contributed by atoms with Gasteiger partial charge in [0, 0.05) is 0 Å². The fourth-order valence-corrected chi connectivity index (χ4v) is 5.29. The second kappa shape index (κ2) is 9.94. The third-order valence-corrected chi connectivity index (χ3v) is 6.46. The van der Waals surface area contributed by atoms with Crippen molar-refractivity contribution in [1.29, 1.82) is 0 Å². The Hall–Kier alpha value is -0.147. The Kier molecular flexibility index (Phi) is 9.83. The van der Waals surface area contributed by atoms with E-state index in [1.807, 2.05) is 0 Å². The van der Waals surface area contributed by atoms with E-state index in [2.05, 4.69) is 15.4 Å². The van der Waals surface area contributed by atoms with Gasteiger partial charge in [0.25, 0.3) is 0 Å². The van der Waals surface area contributed by atoms with Crippen LogP contribution in [0.3, 0.4) is 0 Å². The van der Waals surface area contributed by atoms with Crippen molar-refractivity contribution >= 4 is 23.2 Å². The minimum Gasteiger partial charge on any atom is -0.412 e. The van der Waals surface area contributed by atoms with Gasteiger partial charge in [-0.25, -0.2) is 0 Å². The monoisotopic (exact) mass is 378 g/mol. The van der Waals surface area contributed by atoms with E-state index in [1.165, 1.54) is 0 Å². The summed E-state index contributed by atoms with van der Waals surface area (Å²) in [5.74, 6) is 0. The van der Waals surface area contributed by atoms with E-state index < -0.39 is 0 Å². The van der Waals surface area contributed by atoms with Gasteiger partial charge in [0.15, 0.2) is 0 Å². The zero-order valence-electron chi connectivity index (χ0n) is 7.56. The third-order valence-electron chi connectivity index (χ3n) is 1.54. The Balaban J connectivity index is 0.000000206. The molecule has 0 amide bonds. The molecule has 0 spiro atoms. The Bertz CT molecular complexity index is 144. The zero-order valence-corrected chi connectivity index (χ0v) is 11.0. The van der Waals surface area contributed by atoms with E-state index in [4.69, 9.17) is 0 Å². The molecule has 1 aromatic heterocycles. The summed E-state index contributed by atoms with van der Waals surface area (Å²) in [6.07, 6.45) is 7.86. The Morgan fingerprint density at radius 2 is 1.54 bits per heavy atom. The van der Waals surface area contributed by atoms with Gasteiger partial charge >= 0.3 is 50.8 Å². The van der Waals surface area contributed by atoms with Crippen molar-refractivity contribution in [2.75, 3.05) is 0 Å². The molecule has 2 N–H and O–H groups in total. The molecule has 2 rings (SSSR count). The molecule has 0 bridgehead atoms. The second-order valence-electron chi connectivity index (χ2n) is 2.54. The summed E-state index contributed by atoms with van der Waals surface area (Å²) in [6, 6.07) is 1.72. The summed E-state index contributed by atoms with van der Waals surface area (Å²) in [6.45, 7) is 0. The molecule has 0 atom stereocenters. The van der Waals surface area contributed by atoms with Crippen molar-refractivity contribution in [3.05, 3.63) is 18.5 Å². The first kappa shape index (κ1) is 12.9. The van der Waals surface area contributed by atoms with Gasteiger partial charge in [-0.05, 0) is 11.3 Å². The maximum Gasteiger partial charge on any atom is 0.0529 e. The zero-order chi connectivity index (χ0) is 8.49. The van der Waals surface area contributed by atoms with Crippen LogP contribution < -0.4 is 0 Å². The topological polar surface area (TPSA) is 70.2 Å². The average molecular weight is 378 g/mol. The van der Waals surface area contributed by atoms with Gasteiger partial charge in [-0.1, -0.05) is 0 Å². The summed E-state index contributed by atoms with van der Waals surface area (Å²) in [5, 5.41) is 10.1. The molecule has 73 valence electrons. The van der Waals surface area contributed by atoms with E-state index >= 15 is 0 Å². The largest absolute Gasteiger partial charge is 0.412 e. The number of hydrogen-bond donors (Lipinski definition) is 0. The number of aromatic nitrogens is 3. The van der Waals surface area contributed by atoms with E-state index in [-0.39, 0.29) is 28.7 Å². The molecule has 1 aromatic rings. The van der Waals surface area contributed by atoms with Crippen LogP contribution in [0, 0.1) is 0 Å². The fraction of sp³-hybridized carbons (Fsp3) is 0.625. The summed E-state index contributed by atoms with van der Waals surface area (Å²) in [5.41, 5.74) is 0. The first-order chi connectivity index (χ1) is 6.00. The van der Waals surface area contributed by atoms with Gasteiger partial charge in [0.05, 0.1) is 12.4 Å². The molecule has 1 aliphatic rings. The summed E-state index contributed by atoms with van der Waals surface area (Å²) in [4.78, 5) is 0. The first-order valence-electron chi connectivity index (χ1n) is 4.22. The normalized spacial score (nSPS) is 14.8. The van der Waals surface area contributed by atoms with Crippen molar-refractivity contribution in [3.63, 3.8) is 0 Å². The SMILES string of the molecule is C1C[CH2][Bi][CH2]C1.O.c1cnnnc1. The second-order valence-corrected chi connectivity index (χ2v) is 7.76. The van der Waals surface area contributed by atoms with Gasteiger partial charge in [-0.2, -0.15) is 0 Å².